The van der Waals surface area contributed by atoms with Crippen LogP contribution in [-0.2, 0) is 13.5 Å². The molecule has 2 rings (SSSR count). The van der Waals surface area contributed by atoms with Crippen LogP contribution in [0, 0.1) is 5.82 Å². The number of carbonyl (C=O) groups excluding carboxylic acids is 1. The second-order valence-electron chi connectivity index (χ2n) is 3.61. The summed E-state index contributed by atoms with van der Waals surface area (Å²) in [5.41, 5.74) is 1.04. The van der Waals surface area contributed by atoms with E-state index in [0.29, 0.717) is 11.3 Å². The zero-order chi connectivity index (χ0) is 12.4. The first-order valence-electron chi connectivity index (χ1n) is 4.89. The molecule has 0 bridgehead atoms. The van der Waals surface area contributed by atoms with E-state index in [9.17, 15) is 9.18 Å². The molecule has 0 fully saturated rings. The van der Waals surface area contributed by atoms with Crippen molar-refractivity contribution in [3.05, 3.63) is 45.9 Å². The van der Waals surface area contributed by atoms with Gasteiger partial charge in [-0.3, -0.25) is 9.48 Å². The van der Waals surface area contributed by atoms with Crippen molar-refractivity contribution < 1.29 is 9.18 Å². The van der Waals surface area contributed by atoms with E-state index < -0.39 is 0 Å². The van der Waals surface area contributed by atoms with Gasteiger partial charge in [-0.1, -0.05) is 5.21 Å². The summed E-state index contributed by atoms with van der Waals surface area (Å²) in [4.78, 5) is 11.9. The molecule has 0 aliphatic rings. The molecule has 0 N–H and O–H groups in total. The van der Waals surface area contributed by atoms with E-state index in [2.05, 4.69) is 26.2 Å². The normalized spacial score (nSPS) is 10.5. The standard InChI is InChI=1S/C11H9BrFN3O/c1-16-6-8(14-15-16)5-11(17)7-2-3-10(13)9(12)4-7/h2-4,6H,5H2,1H3. The van der Waals surface area contributed by atoms with Gasteiger partial charge in [0.05, 0.1) is 16.6 Å². The van der Waals surface area contributed by atoms with Gasteiger partial charge in [-0.25, -0.2) is 4.39 Å². The molecule has 0 spiro atoms. The van der Waals surface area contributed by atoms with Gasteiger partial charge >= 0.3 is 0 Å². The van der Waals surface area contributed by atoms with E-state index in [1.54, 1.807) is 13.2 Å². The topological polar surface area (TPSA) is 47.8 Å². The predicted octanol–water partition coefficient (Wildman–Crippen LogP) is 2.14. The Morgan fingerprint density at radius 2 is 2.29 bits per heavy atom. The summed E-state index contributed by atoms with van der Waals surface area (Å²) in [6.45, 7) is 0. The van der Waals surface area contributed by atoms with Gasteiger partial charge in [-0.2, -0.15) is 0 Å². The number of Topliss-reactive ketones (excluding diaryl/α,β-unsaturated/α-hetero) is 1. The minimum Gasteiger partial charge on any atom is -0.294 e. The van der Waals surface area contributed by atoms with Crippen LogP contribution in [0.4, 0.5) is 4.39 Å². The summed E-state index contributed by atoms with van der Waals surface area (Å²) < 4.78 is 14.8. The lowest BCUT2D eigenvalue weighted by molar-refractivity contribution is 0.0992. The van der Waals surface area contributed by atoms with Gasteiger partial charge in [0.1, 0.15) is 5.82 Å². The van der Waals surface area contributed by atoms with E-state index in [4.69, 9.17) is 0 Å². The molecule has 0 unspecified atom stereocenters. The predicted molar refractivity (Wildman–Crippen MR) is 63.1 cm³/mol. The Morgan fingerprint density at radius 1 is 1.53 bits per heavy atom. The van der Waals surface area contributed by atoms with Crippen LogP contribution in [0.5, 0.6) is 0 Å². The average molecular weight is 298 g/mol. The molecule has 2 aromatic rings. The van der Waals surface area contributed by atoms with Crippen LogP contribution in [0.1, 0.15) is 16.1 Å². The minimum atomic E-state index is -0.388. The first-order valence-corrected chi connectivity index (χ1v) is 5.69. The Kier molecular flexibility index (Phi) is 3.33. The summed E-state index contributed by atoms with van der Waals surface area (Å²) in [7, 11) is 1.73. The number of carbonyl (C=O) groups is 1. The maximum Gasteiger partial charge on any atom is 0.168 e. The van der Waals surface area contributed by atoms with Gasteiger partial charge in [0.25, 0.3) is 0 Å². The Hall–Kier alpha value is -1.56. The highest BCUT2D eigenvalue weighted by atomic mass is 79.9. The van der Waals surface area contributed by atoms with Gasteiger partial charge in [-0.15, -0.1) is 5.10 Å². The lowest BCUT2D eigenvalue weighted by atomic mass is 10.1. The summed E-state index contributed by atoms with van der Waals surface area (Å²) in [5.74, 6) is -0.507. The van der Waals surface area contributed by atoms with E-state index in [0.717, 1.165) is 0 Å². The molecule has 0 saturated carbocycles. The van der Waals surface area contributed by atoms with Crippen LogP contribution < -0.4 is 0 Å². The number of hydrogen-bond donors (Lipinski definition) is 0. The average Bonchev–Trinajstić information content (AvgIpc) is 2.68. The van der Waals surface area contributed by atoms with E-state index in [-0.39, 0.29) is 22.5 Å². The third-order valence-corrected chi connectivity index (χ3v) is 2.84. The van der Waals surface area contributed by atoms with Crippen LogP contribution in [-0.4, -0.2) is 20.8 Å². The smallest absolute Gasteiger partial charge is 0.168 e. The number of hydrogen-bond acceptors (Lipinski definition) is 3. The monoisotopic (exact) mass is 297 g/mol. The largest absolute Gasteiger partial charge is 0.294 e. The van der Waals surface area contributed by atoms with Gasteiger partial charge in [0.2, 0.25) is 0 Å². The number of aryl methyl sites for hydroxylation is 1. The van der Waals surface area contributed by atoms with Crippen molar-refractivity contribution in [2.24, 2.45) is 7.05 Å². The number of ketones is 1. The fourth-order valence-electron chi connectivity index (χ4n) is 1.41. The van der Waals surface area contributed by atoms with Gasteiger partial charge in [0.15, 0.2) is 5.78 Å². The van der Waals surface area contributed by atoms with Crippen molar-refractivity contribution in [1.82, 2.24) is 15.0 Å². The molecule has 88 valence electrons. The number of benzene rings is 1. The quantitative estimate of drug-likeness (QED) is 0.816. The number of rotatable bonds is 3. The van der Waals surface area contributed by atoms with Crippen molar-refractivity contribution in [3.63, 3.8) is 0 Å². The van der Waals surface area contributed by atoms with Gasteiger partial charge in [0, 0.05) is 18.8 Å². The molecule has 0 saturated heterocycles. The summed E-state index contributed by atoms with van der Waals surface area (Å²) in [6, 6.07) is 4.18. The first-order chi connectivity index (χ1) is 8.06. The molecule has 0 aliphatic carbocycles. The van der Waals surface area contributed by atoms with Gasteiger partial charge < -0.3 is 0 Å². The third-order valence-electron chi connectivity index (χ3n) is 2.23. The molecular formula is C11H9BrFN3O. The van der Waals surface area contributed by atoms with Gasteiger partial charge in [-0.05, 0) is 34.1 Å². The maximum atomic E-state index is 13.0. The SMILES string of the molecule is Cn1cc(CC(=O)c2ccc(F)c(Br)c2)nn1. The molecule has 4 nitrogen and oxygen atoms in total. The van der Waals surface area contributed by atoms with Crippen molar-refractivity contribution in [2.75, 3.05) is 0 Å². The number of halogens is 2. The molecule has 1 aromatic heterocycles. The lowest BCUT2D eigenvalue weighted by Gasteiger charge is -2.00. The van der Waals surface area contributed by atoms with Crippen LogP contribution in [0.25, 0.3) is 0 Å². The molecule has 0 amide bonds. The Bertz CT molecular complexity index is 568. The molecule has 1 aromatic carbocycles. The van der Waals surface area contributed by atoms with Crippen LogP contribution in [0.2, 0.25) is 0 Å². The van der Waals surface area contributed by atoms with E-state index >= 15 is 0 Å². The number of aromatic nitrogens is 3. The molecule has 0 radical (unpaired) electrons. The fraction of sp³-hybridized carbons (Fsp3) is 0.182. The second-order valence-corrected chi connectivity index (χ2v) is 4.47. The molecular weight excluding hydrogens is 289 g/mol. The molecule has 6 heteroatoms. The summed E-state index contributed by atoms with van der Waals surface area (Å²) in [5, 5.41) is 7.57. The first kappa shape index (κ1) is 11.9. The molecule has 17 heavy (non-hydrogen) atoms. The van der Waals surface area contributed by atoms with Crippen LogP contribution in [0.3, 0.4) is 0 Å². The van der Waals surface area contributed by atoms with Crippen molar-refractivity contribution >= 4 is 21.7 Å². The van der Waals surface area contributed by atoms with Crippen LogP contribution >= 0.6 is 15.9 Å². The molecule has 1 heterocycles. The zero-order valence-electron chi connectivity index (χ0n) is 9.02. The Balaban J connectivity index is 2.17. The Labute approximate surface area is 106 Å². The van der Waals surface area contributed by atoms with E-state index in [1.807, 2.05) is 0 Å². The van der Waals surface area contributed by atoms with Crippen molar-refractivity contribution in [2.45, 2.75) is 6.42 Å². The fourth-order valence-corrected chi connectivity index (χ4v) is 1.79. The highest BCUT2D eigenvalue weighted by Gasteiger charge is 2.11. The van der Waals surface area contributed by atoms with Crippen molar-refractivity contribution in [1.29, 1.82) is 0 Å². The maximum absolute atomic E-state index is 13.0. The summed E-state index contributed by atoms with van der Waals surface area (Å²) in [6.07, 6.45) is 1.84. The lowest BCUT2D eigenvalue weighted by Crippen LogP contribution is -2.04. The highest BCUT2D eigenvalue weighted by Crippen LogP contribution is 2.17. The highest BCUT2D eigenvalue weighted by molar-refractivity contribution is 9.10. The Morgan fingerprint density at radius 3 is 2.88 bits per heavy atom. The van der Waals surface area contributed by atoms with E-state index in [1.165, 1.54) is 22.9 Å². The number of nitrogens with zero attached hydrogens (tertiary/aromatic N) is 3. The van der Waals surface area contributed by atoms with Crippen molar-refractivity contribution in [3.8, 4) is 0 Å². The zero-order valence-corrected chi connectivity index (χ0v) is 10.6. The third kappa shape index (κ3) is 2.76. The molecule has 0 atom stereocenters. The minimum absolute atomic E-state index is 0.119. The second kappa shape index (κ2) is 4.75. The molecule has 0 aliphatic heterocycles. The van der Waals surface area contributed by atoms with Crippen LogP contribution in [0.15, 0.2) is 28.9 Å². The summed E-state index contributed by atoms with van der Waals surface area (Å²) >= 11 is 3.04.